The fourth-order valence-electron chi connectivity index (χ4n) is 1.17. The largest absolute Gasteiger partial charge is 0.207 e. The van der Waals surface area contributed by atoms with Crippen LogP contribution in [0.15, 0.2) is 34.7 Å². The molecule has 0 spiro atoms. The van der Waals surface area contributed by atoms with Gasteiger partial charge in [0.25, 0.3) is 0 Å². The van der Waals surface area contributed by atoms with Crippen LogP contribution in [0.4, 0.5) is 4.39 Å². The van der Waals surface area contributed by atoms with Gasteiger partial charge in [0.1, 0.15) is 5.83 Å². The fourth-order valence-corrected chi connectivity index (χ4v) is 1.17. The highest BCUT2D eigenvalue weighted by atomic mass is 19.1. The Hall–Kier alpha value is -1.36. The Balaban J connectivity index is 3.13. The molecule has 0 N–H and O–H groups in total. The molecular weight excluding hydrogens is 153 g/mol. The van der Waals surface area contributed by atoms with Crippen LogP contribution in [0.1, 0.15) is 20.3 Å². The van der Waals surface area contributed by atoms with Crippen LogP contribution in [0.3, 0.4) is 0 Å². The SMILES string of the molecule is CC1=CC(F)=CC(C)=C(C#N)C1. The Morgan fingerprint density at radius 2 is 2.08 bits per heavy atom. The molecule has 0 unspecified atom stereocenters. The molecule has 0 fully saturated rings. The molecule has 1 aliphatic rings. The number of allylic oxidation sites excluding steroid dienone is 6. The third kappa shape index (κ3) is 1.82. The first-order valence-electron chi connectivity index (χ1n) is 3.77. The molecule has 0 atom stereocenters. The molecule has 0 saturated heterocycles. The minimum Gasteiger partial charge on any atom is -0.207 e. The van der Waals surface area contributed by atoms with E-state index in [1.165, 1.54) is 12.2 Å². The lowest BCUT2D eigenvalue weighted by Gasteiger charge is -1.97. The second-order valence-corrected chi connectivity index (χ2v) is 2.97. The quantitative estimate of drug-likeness (QED) is 0.538. The molecule has 0 amide bonds. The Bertz CT molecular complexity index is 326. The fraction of sp³-hybridized carbons (Fsp3) is 0.300. The van der Waals surface area contributed by atoms with Gasteiger partial charge in [-0.05, 0) is 31.6 Å². The van der Waals surface area contributed by atoms with Crippen molar-refractivity contribution >= 4 is 0 Å². The summed E-state index contributed by atoms with van der Waals surface area (Å²) in [6.07, 6.45) is 3.43. The van der Waals surface area contributed by atoms with Gasteiger partial charge in [0.2, 0.25) is 0 Å². The van der Waals surface area contributed by atoms with Gasteiger partial charge in [0.15, 0.2) is 0 Å². The maximum Gasteiger partial charge on any atom is 0.123 e. The monoisotopic (exact) mass is 163 g/mol. The first-order valence-corrected chi connectivity index (χ1v) is 3.77. The van der Waals surface area contributed by atoms with Gasteiger partial charge < -0.3 is 0 Å². The molecule has 0 aromatic carbocycles. The molecule has 0 radical (unpaired) electrons. The number of nitriles is 1. The van der Waals surface area contributed by atoms with Crippen LogP contribution in [0.2, 0.25) is 0 Å². The van der Waals surface area contributed by atoms with Gasteiger partial charge >= 0.3 is 0 Å². The summed E-state index contributed by atoms with van der Waals surface area (Å²) in [5.41, 5.74) is 2.26. The first-order chi connectivity index (χ1) is 5.63. The average Bonchev–Trinajstić information content (AvgIpc) is 2.09. The molecule has 0 aliphatic heterocycles. The van der Waals surface area contributed by atoms with Crippen molar-refractivity contribution in [2.24, 2.45) is 0 Å². The van der Waals surface area contributed by atoms with E-state index in [9.17, 15) is 4.39 Å². The van der Waals surface area contributed by atoms with Gasteiger partial charge in [-0.25, -0.2) is 4.39 Å². The predicted molar refractivity (Wildman–Crippen MR) is 45.9 cm³/mol. The molecule has 12 heavy (non-hydrogen) atoms. The van der Waals surface area contributed by atoms with E-state index < -0.39 is 0 Å². The van der Waals surface area contributed by atoms with E-state index in [0.29, 0.717) is 12.0 Å². The summed E-state index contributed by atoms with van der Waals surface area (Å²) >= 11 is 0. The van der Waals surface area contributed by atoms with Crippen molar-refractivity contribution in [3.05, 3.63) is 34.7 Å². The number of hydrogen-bond acceptors (Lipinski definition) is 1. The van der Waals surface area contributed by atoms with Crippen molar-refractivity contribution in [3.8, 4) is 6.07 Å². The van der Waals surface area contributed by atoms with E-state index in [4.69, 9.17) is 5.26 Å². The first kappa shape index (κ1) is 8.73. The third-order valence-corrected chi connectivity index (χ3v) is 1.81. The van der Waals surface area contributed by atoms with Crippen molar-refractivity contribution in [2.75, 3.05) is 0 Å². The zero-order valence-corrected chi connectivity index (χ0v) is 7.19. The van der Waals surface area contributed by atoms with E-state index in [2.05, 4.69) is 6.07 Å². The predicted octanol–water partition coefficient (Wildman–Crippen LogP) is 3.03. The van der Waals surface area contributed by atoms with Gasteiger partial charge in [-0.3, -0.25) is 0 Å². The summed E-state index contributed by atoms with van der Waals surface area (Å²) in [6.45, 7) is 3.58. The van der Waals surface area contributed by atoms with Gasteiger partial charge in [-0.2, -0.15) is 5.26 Å². The van der Waals surface area contributed by atoms with Gasteiger partial charge in [0.05, 0.1) is 6.07 Å². The smallest absolute Gasteiger partial charge is 0.123 e. The summed E-state index contributed by atoms with van der Waals surface area (Å²) in [5.74, 6) is -0.268. The molecule has 1 aliphatic carbocycles. The Kier molecular flexibility index (Phi) is 2.44. The average molecular weight is 163 g/mol. The van der Waals surface area contributed by atoms with E-state index in [0.717, 1.165) is 11.1 Å². The van der Waals surface area contributed by atoms with Gasteiger partial charge in [0, 0.05) is 12.0 Å². The highest BCUT2D eigenvalue weighted by Gasteiger charge is 2.06. The molecule has 0 heterocycles. The molecule has 0 aromatic rings. The van der Waals surface area contributed by atoms with Crippen LogP contribution in [0.25, 0.3) is 0 Å². The topological polar surface area (TPSA) is 23.8 Å². The second-order valence-electron chi connectivity index (χ2n) is 2.97. The van der Waals surface area contributed by atoms with Crippen LogP contribution >= 0.6 is 0 Å². The molecule has 0 aromatic heterocycles. The molecule has 62 valence electrons. The molecule has 1 rings (SSSR count). The third-order valence-electron chi connectivity index (χ3n) is 1.81. The minimum absolute atomic E-state index is 0.268. The number of halogens is 1. The lowest BCUT2D eigenvalue weighted by molar-refractivity contribution is 0.665. The summed E-state index contributed by atoms with van der Waals surface area (Å²) < 4.78 is 12.9. The Morgan fingerprint density at radius 3 is 2.67 bits per heavy atom. The van der Waals surface area contributed by atoms with Crippen LogP contribution in [-0.4, -0.2) is 0 Å². The molecule has 0 saturated carbocycles. The highest BCUT2D eigenvalue weighted by molar-refractivity contribution is 5.42. The second kappa shape index (κ2) is 3.36. The lowest BCUT2D eigenvalue weighted by Crippen LogP contribution is -1.83. The normalized spacial score (nSPS) is 17.8. The van der Waals surface area contributed by atoms with Crippen LogP contribution in [0.5, 0.6) is 0 Å². The lowest BCUT2D eigenvalue weighted by atomic mass is 10.1. The molecular formula is C10H10FN. The van der Waals surface area contributed by atoms with Crippen LogP contribution in [-0.2, 0) is 0 Å². The van der Waals surface area contributed by atoms with Crippen molar-refractivity contribution in [2.45, 2.75) is 20.3 Å². The summed E-state index contributed by atoms with van der Waals surface area (Å²) in [6, 6.07) is 2.07. The molecule has 0 bridgehead atoms. The van der Waals surface area contributed by atoms with E-state index in [1.54, 1.807) is 6.92 Å². The highest BCUT2D eigenvalue weighted by Crippen LogP contribution is 2.22. The minimum atomic E-state index is -0.268. The van der Waals surface area contributed by atoms with Gasteiger partial charge in [-0.15, -0.1) is 0 Å². The van der Waals surface area contributed by atoms with Crippen molar-refractivity contribution in [1.29, 1.82) is 5.26 Å². The molecule has 2 heteroatoms. The Morgan fingerprint density at radius 1 is 1.42 bits per heavy atom. The van der Waals surface area contributed by atoms with Crippen molar-refractivity contribution in [1.82, 2.24) is 0 Å². The van der Waals surface area contributed by atoms with Crippen LogP contribution < -0.4 is 0 Å². The van der Waals surface area contributed by atoms with E-state index in [-0.39, 0.29) is 5.83 Å². The number of nitrogens with zero attached hydrogens (tertiary/aromatic N) is 1. The van der Waals surface area contributed by atoms with E-state index >= 15 is 0 Å². The van der Waals surface area contributed by atoms with Crippen LogP contribution in [0, 0.1) is 11.3 Å². The number of hydrogen-bond donors (Lipinski definition) is 0. The zero-order chi connectivity index (χ0) is 9.14. The summed E-state index contributed by atoms with van der Waals surface area (Å²) in [4.78, 5) is 0. The van der Waals surface area contributed by atoms with Crippen molar-refractivity contribution in [3.63, 3.8) is 0 Å². The van der Waals surface area contributed by atoms with Gasteiger partial charge in [-0.1, -0.05) is 5.57 Å². The maximum atomic E-state index is 12.9. The molecule has 1 nitrogen and oxygen atoms in total. The Labute approximate surface area is 71.5 Å². The zero-order valence-electron chi connectivity index (χ0n) is 7.19. The summed E-state index contributed by atoms with van der Waals surface area (Å²) in [5, 5.41) is 8.70. The van der Waals surface area contributed by atoms with Crippen molar-refractivity contribution < 1.29 is 4.39 Å². The number of rotatable bonds is 0. The standard InChI is InChI=1S/C10H10FN/c1-7-3-9(6-12)8(2)5-10(11)4-7/h4-5H,3H2,1-2H3. The summed E-state index contributed by atoms with van der Waals surface area (Å²) in [7, 11) is 0. The van der Waals surface area contributed by atoms with E-state index in [1.807, 2.05) is 6.92 Å². The maximum absolute atomic E-state index is 12.9.